The highest BCUT2D eigenvalue weighted by molar-refractivity contribution is 5.69. The lowest BCUT2D eigenvalue weighted by Crippen LogP contribution is -2.44. The first-order valence-corrected chi connectivity index (χ1v) is 6.98. The smallest absolute Gasteiger partial charge is 0.154 e. The maximum Gasteiger partial charge on any atom is 0.154 e. The van der Waals surface area contributed by atoms with Crippen molar-refractivity contribution in [3.8, 4) is 11.3 Å². The largest absolute Gasteiger partial charge is 0.352 e. The minimum Gasteiger partial charge on any atom is -0.352 e. The Morgan fingerprint density at radius 1 is 1.16 bits per heavy atom. The molecule has 2 aromatic rings. The summed E-state index contributed by atoms with van der Waals surface area (Å²) in [5.41, 5.74) is 3.71. The van der Waals surface area contributed by atoms with E-state index in [9.17, 15) is 0 Å². The summed E-state index contributed by atoms with van der Waals surface area (Å²) < 4.78 is 0. The molecule has 2 heterocycles. The lowest BCUT2D eigenvalue weighted by Gasteiger charge is -2.28. The number of H-pyrrole nitrogens is 1. The molecule has 4 heteroatoms. The average molecular weight is 256 g/mol. The quantitative estimate of drug-likeness (QED) is 0.883. The number of hydrogen-bond donors (Lipinski definition) is 2. The van der Waals surface area contributed by atoms with E-state index in [-0.39, 0.29) is 0 Å². The Kier molecular flexibility index (Phi) is 3.51. The van der Waals surface area contributed by atoms with Crippen LogP contribution < -0.4 is 10.2 Å². The highest BCUT2D eigenvalue weighted by atomic mass is 15.3. The molecular formula is C15H20N4. The number of piperazine rings is 1. The van der Waals surface area contributed by atoms with Crippen LogP contribution in [0.1, 0.15) is 12.5 Å². The maximum absolute atomic E-state index is 4.56. The van der Waals surface area contributed by atoms with Crippen LogP contribution >= 0.6 is 0 Å². The van der Waals surface area contributed by atoms with Crippen LogP contribution in [0.4, 0.5) is 5.82 Å². The fourth-order valence-electron chi connectivity index (χ4n) is 2.67. The molecule has 1 saturated heterocycles. The van der Waals surface area contributed by atoms with Gasteiger partial charge in [0.05, 0.1) is 5.69 Å². The van der Waals surface area contributed by atoms with Gasteiger partial charge in [-0.2, -0.15) is 5.10 Å². The van der Waals surface area contributed by atoms with Crippen molar-refractivity contribution in [1.82, 2.24) is 15.5 Å². The lowest BCUT2D eigenvalue weighted by molar-refractivity contribution is 0.583. The predicted molar refractivity (Wildman–Crippen MR) is 78.5 cm³/mol. The Morgan fingerprint density at radius 2 is 1.89 bits per heavy atom. The zero-order valence-electron chi connectivity index (χ0n) is 11.3. The van der Waals surface area contributed by atoms with E-state index in [1.807, 2.05) is 6.07 Å². The molecule has 0 unspecified atom stereocenters. The monoisotopic (exact) mass is 256 g/mol. The number of rotatable bonds is 3. The van der Waals surface area contributed by atoms with Gasteiger partial charge in [0.1, 0.15) is 0 Å². The van der Waals surface area contributed by atoms with Gasteiger partial charge in [0.15, 0.2) is 5.82 Å². The van der Waals surface area contributed by atoms with Crippen LogP contribution in [0.2, 0.25) is 0 Å². The number of benzene rings is 1. The van der Waals surface area contributed by atoms with Crippen molar-refractivity contribution in [2.75, 3.05) is 31.1 Å². The summed E-state index contributed by atoms with van der Waals surface area (Å²) in [6, 6.07) is 10.4. The van der Waals surface area contributed by atoms with E-state index in [4.69, 9.17) is 0 Å². The van der Waals surface area contributed by atoms with Gasteiger partial charge in [-0.05, 0) is 12.0 Å². The maximum atomic E-state index is 4.56. The third-order valence-corrected chi connectivity index (χ3v) is 3.68. The van der Waals surface area contributed by atoms with E-state index in [2.05, 4.69) is 51.6 Å². The molecule has 0 saturated carbocycles. The molecule has 1 aromatic heterocycles. The highest BCUT2D eigenvalue weighted by Crippen LogP contribution is 2.29. The summed E-state index contributed by atoms with van der Waals surface area (Å²) in [5.74, 6) is 1.13. The second kappa shape index (κ2) is 5.45. The van der Waals surface area contributed by atoms with E-state index in [1.165, 1.54) is 11.1 Å². The summed E-state index contributed by atoms with van der Waals surface area (Å²) in [5, 5.41) is 11.2. The zero-order valence-corrected chi connectivity index (χ0v) is 11.3. The van der Waals surface area contributed by atoms with Gasteiger partial charge in [0, 0.05) is 31.7 Å². The molecule has 1 fully saturated rings. The SMILES string of the molecule is CCc1c(N2CCNCC2)n[nH]c1-c1ccccc1. The summed E-state index contributed by atoms with van der Waals surface area (Å²) in [7, 11) is 0. The van der Waals surface area contributed by atoms with Gasteiger partial charge >= 0.3 is 0 Å². The second-order valence-corrected chi connectivity index (χ2v) is 4.86. The van der Waals surface area contributed by atoms with E-state index >= 15 is 0 Å². The molecule has 0 amide bonds. The first-order valence-electron chi connectivity index (χ1n) is 6.98. The zero-order chi connectivity index (χ0) is 13.1. The molecule has 4 nitrogen and oxygen atoms in total. The second-order valence-electron chi connectivity index (χ2n) is 4.86. The fourth-order valence-corrected chi connectivity index (χ4v) is 2.67. The number of aromatic nitrogens is 2. The van der Waals surface area contributed by atoms with Gasteiger partial charge in [0.2, 0.25) is 0 Å². The van der Waals surface area contributed by atoms with Gasteiger partial charge in [-0.1, -0.05) is 37.3 Å². The van der Waals surface area contributed by atoms with Crippen LogP contribution in [0.15, 0.2) is 30.3 Å². The molecule has 2 N–H and O–H groups in total. The Hall–Kier alpha value is -1.81. The van der Waals surface area contributed by atoms with Crippen LogP contribution in [0.25, 0.3) is 11.3 Å². The molecule has 100 valence electrons. The third kappa shape index (κ3) is 2.36. The molecule has 0 bridgehead atoms. The van der Waals surface area contributed by atoms with Crippen molar-refractivity contribution in [2.45, 2.75) is 13.3 Å². The molecule has 0 spiro atoms. The van der Waals surface area contributed by atoms with Crippen LogP contribution in [0.3, 0.4) is 0 Å². The normalized spacial score (nSPS) is 15.7. The molecule has 0 aliphatic carbocycles. The van der Waals surface area contributed by atoms with E-state index in [1.54, 1.807) is 0 Å². The molecule has 3 rings (SSSR count). The summed E-state index contributed by atoms with van der Waals surface area (Å²) in [6.45, 7) is 6.34. The fraction of sp³-hybridized carbons (Fsp3) is 0.400. The van der Waals surface area contributed by atoms with Gasteiger partial charge in [0.25, 0.3) is 0 Å². The number of nitrogens with zero attached hydrogens (tertiary/aromatic N) is 2. The number of anilines is 1. The first-order chi connectivity index (χ1) is 9.40. The minimum atomic E-state index is 1.000. The van der Waals surface area contributed by atoms with Crippen molar-refractivity contribution < 1.29 is 0 Å². The van der Waals surface area contributed by atoms with Crippen molar-refractivity contribution in [2.24, 2.45) is 0 Å². The predicted octanol–water partition coefficient (Wildman–Crippen LogP) is 2.05. The van der Waals surface area contributed by atoms with E-state index in [0.29, 0.717) is 0 Å². The van der Waals surface area contributed by atoms with Gasteiger partial charge in [-0.25, -0.2) is 0 Å². The lowest BCUT2D eigenvalue weighted by atomic mass is 10.1. The Labute approximate surface area is 113 Å². The topological polar surface area (TPSA) is 44.0 Å². The summed E-state index contributed by atoms with van der Waals surface area (Å²) in [4.78, 5) is 2.37. The van der Waals surface area contributed by atoms with Crippen LogP contribution in [-0.4, -0.2) is 36.4 Å². The standard InChI is InChI=1S/C15H20N4/c1-2-13-14(12-6-4-3-5-7-12)17-18-15(13)19-10-8-16-9-11-19/h3-7,16H,2,8-11H2,1H3,(H,17,18). The van der Waals surface area contributed by atoms with Crippen LogP contribution in [0, 0.1) is 0 Å². The van der Waals surface area contributed by atoms with Gasteiger partial charge in [-0.3, -0.25) is 5.10 Å². The van der Waals surface area contributed by atoms with Gasteiger partial charge < -0.3 is 10.2 Å². The first kappa shape index (κ1) is 12.2. The molecule has 1 aromatic carbocycles. The van der Waals surface area contributed by atoms with Gasteiger partial charge in [-0.15, -0.1) is 0 Å². The van der Waals surface area contributed by atoms with Crippen LogP contribution in [-0.2, 0) is 6.42 Å². The third-order valence-electron chi connectivity index (χ3n) is 3.68. The van der Waals surface area contributed by atoms with Crippen molar-refractivity contribution in [3.05, 3.63) is 35.9 Å². The highest BCUT2D eigenvalue weighted by Gasteiger charge is 2.19. The molecule has 1 aliphatic heterocycles. The Bertz CT molecular complexity index is 526. The Balaban J connectivity index is 1.96. The van der Waals surface area contributed by atoms with Crippen LogP contribution in [0.5, 0.6) is 0 Å². The van der Waals surface area contributed by atoms with Crippen molar-refractivity contribution in [3.63, 3.8) is 0 Å². The molecular weight excluding hydrogens is 236 g/mol. The van der Waals surface area contributed by atoms with Crippen molar-refractivity contribution >= 4 is 5.82 Å². The molecule has 0 radical (unpaired) electrons. The average Bonchev–Trinajstić information content (AvgIpc) is 2.93. The number of aromatic amines is 1. The van der Waals surface area contributed by atoms with E-state index < -0.39 is 0 Å². The van der Waals surface area contributed by atoms with E-state index in [0.717, 1.165) is 44.1 Å². The Morgan fingerprint density at radius 3 is 2.58 bits per heavy atom. The van der Waals surface area contributed by atoms with Crippen molar-refractivity contribution in [1.29, 1.82) is 0 Å². The number of hydrogen-bond acceptors (Lipinski definition) is 3. The summed E-state index contributed by atoms with van der Waals surface area (Å²) in [6.07, 6.45) is 1.000. The molecule has 19 heavy (non-hydrogen) atoms. The number of nitrogens with one attached hydrogen (secondary N) is 2. The molecule has 0 atom stereocenters. The minimum absolute atomic E-state index is 1.000. The molecule has 1 aliphatic rings. The summed E-state index contributed by atoms with van der Waals surface area (Å²) >= 11 is 0.